The lowest BCUT2D eigenvalue weighted by Crippen LogP contribution is -2.22. The average molecular weight is 428 g/mol. The maximum Gasteiger partial charge on any atom is 0.299 e. The minimum Gasteiger partial charge on any atom is -0.463 e. The summed E-state index contributed by atoms with van der Waals surface area (Å²) in [6.07, 6.45) is 7.47. The van der Waals surface area contributed by atoms with Gasteiger partial charge in [-0.3, -0.25) is 14.3 Å². The minimum absolute atomic E-state index is 0.203. The molecule has 8 nitrogen and oxygen atoms in total. The van der Waals surface area contributed by atoms with Gasteiger partial charge in [-0.1, -0.05) is 18.2 Å². The van der Waals surface area contributed by atoms with E-state index in [9.17, 15) is 4.79 Å². The van der Waals surface area contributed by atoms with Crippen molar-refractivity contribution >= 4 is 16.6 Å². The van der Waals surface area contributed by atoms with Gasteiger partial charge in [0, 0.05) is 42.6 Å². The molecular weight excluding hydrogens is 404 g/mol. The lowest BCUT2D eigenvalue weighted by Gasteiger charge is -2.21. The highest BCUT2D eigenvalue weighted by Crippen LogP contribution is 2.33. The van der Waals surface area contributed by atoms with Gasteiger partial charge in [-0.25, -0.2) is 9.97 Å². The summed E-state index contributed by atoms with van der Waals surface area (Å²) in [5.41, 5.74) is 5.50. The molecule has 8 heteroatoms. The van der Waals surface area contributed by atoms with Crippen LogP contribution >= 0.6 is 0 Å². The summed E-state index contributed by atoms with van der Waals surface area (Å²) in [6.45, 7) is 0.937. The fourth-order valence-corrected chi connectivity index (χ4v) is 4.11. The van der Waals surface area contributed by atoms with Crippen molar-refractivity contribution in [2.45, 2.75) is 25.7 Å². The predicted octanol–water partition coefficient (Wildman–Crippen LogP) is 3.16. The zero-order valence-corrected chi connectivity index (χ0v) is 17.9. The monoisotopic (exact) mass is 428 g/mol. The second-order valence-electron chi connectivity index (χ2n) is 7.83. The molecule has 3 heterocycles. The first-order valence-corrected chi connectivity index (χ1v) is 10.8. The van der Waals surface area contributed by atoms with Crippen molar-refractivity contribution in [3.63, 3.8) is 0 Å². The molecule has 1 aliphatic rings. The molecular formula is C24H24N6O2. The maximum atomic E-state index is 12.4. The lowest BCUT2D eigenvalue weighted by atomic mass is 9.92. The molecule has 0 saturated carbocycles. The maximum absolute atomic E-state index is 12.4. The molecule has 4 aromatic rings. The number of benzene rings is 1. The lowest BCUT2D eigenvalue weighted by molar-refractivity contribution is 0.290. The standard InChI is InChI=1S/C24H24N6O2/c1-30-22(31)14-21(20-10-11-25-15-27-20)29-24(30)32-13-12-26-23-16-6-2-4-8-18(16)28-19-9-5-3-7-17(19)23/h2,4,6,8,10-11,14-15H,3,5,7,9,12-13H2,1H3,(H,26,28). The van der Waals surface area contributed by atoms with Crippen LogP contribution in [-0.2, 0) is 19.9 Å². The molecule has 32 heavy (non-hydrogen) atoms. The number of para-hydroxylation sites is 1. The number of aryl methyl sites for hydroxylation is 1. The summed E-state index contributed by atoms with van der Waals surface area (Å²) < 4.78 is 7.29. The van der Waals surface area contributed by atoms with Crippen molar-refractivity contribution in [1.29, 1.82) is 0 Å². The third-order valence-electron chi connectivity index (χ3n) is 5.74. The number of fused-ring (bicyclic) bond motifs is 2. The van der Waals surface area contributed by atoms with E-state index in [1.54, 1.807) is 19.3 Å². The Morgan fingerprint density at radius 3 is 2.84 bits per heavy atom. The fraction of sp³-hybridized carbons (Fsp3) is 0.292. The average Bonchev–Trinajstić information content (AvgIpc) is 2.84. The smallest absolute Gasteiger partial charge is 0.299 e. The molecule has 0 atom stereocenters. The topological polar surface area (TPSA) is 94.8 Å². The first kappa shape index (κ1) is 20.1. The van der Waals surface area contributed by atoms with Gasteiger partial charge in [0.05, 0.1) is 16.9 Å². The van der Waals surface area contributed by atoms with Gasteiger partial charge in [-0.2, -0.15) is 4.98 Å². The van der Waals surface area contributed by atoms with E-state index in [2.05, 4.69) is 32.4 Å². The number of pyridine rings is 1. The Kier molecular flexibility index (Phi) is 5.49. The SMILES string of the molecule is Cn1c(OCCNc2c3c(nc4ccccc24)CCCC3)nc(-c2ccncn2)cc1=O. The van der Waals surface area contributed by atoms with Crippen LogP contribution in [0.15, 0.2) is 53.7 Å². The van der Waals surface area contributed by atoms with E-state index in [1.165, 1.54) is 41.1 Å². The Morgan fingerprint density at radius 2 is 1.97 bits per heavy atom. The molecule has 1 aromatic carbocycles. The van der Waals surface area contributed by atoms with Crippen LogP contribution in [0.1, 0.15) is 24.1 Å². The van der Waals surface area contributed by atoms with Crippen molar-refractivity contribution in [3.05, 3.63) is 70.5 Å². The zero-order chi connectivity index (χ0) is 21.9. The fourth-order valence-electron chi connectivity index (χ4n) is 4.11. The van der Waals surface area contributed by atoms with Crippen LogP contribution in [0.5, 0.6) is 6.01 Å². The molecule has 1 N–H and O–H groups in total. The molecule has 1 aliphatic carbocycles. The molecule has 5 rings (SSSR count). The number of nitrogens with one attached hydrogen (secondary N) is 1. The first-order chi connectivity index (χ1) is 15.7. The summed E-state index contributed by atoms with van der Waals surface area (Å²) in [5, 5.41) is 4.69. The van der Waals surface area contributed by atoms with Gasteiger partial charge < -0.3 is 10.1 Å². The number of anilines is 1. The van der Waals surface area contributed by atoms with Crippen LogP contribution in [0, 0.1) is 0 Å². The number of rotatable bonds is 6. The van der Waals surface area contributed by atoms with E-state index in [4.69, 9.17) is 9.72 Å². The van der Waals surface area contributed by atoms with E-state index in [0.29, 0.717) is 24.5 Å². The molecule has 0 bridgehead atoms. The molecule has 3 aromatic heterocycles. The van der Waals surface area contributed by atoms with E-state index < -0.39 is 0 Å². The van der Waals surface area contributed by atoms with Crippen molar-refractivity contribution in [1.82, 2.24) is 24.5 Å². The Morgan fingerprint density at radius 1 is 1.09 bits per heavy atom. The van der Waals surface area contributed by atoms with E-state index in [0.717, 1.165) is 29.4 Å². The van der Waals surface area contributed by atoms with Gasteiger partial charge in [0.25, 0.3) is 11.6 Å². The second kappa shape index (κ2) is 8.74. The quantitative estimate of drug-likeness (QED) is 0.471. The molecule has 0 spiro atoms. The number of nitrogens with zero attached hydrogens (tertiary/aromatic N) is 5. The molecule has 162 valence electrons. The van der Waals surface area contributed by atoms with E-state index >= 15 is 0 Å². The summed E-state index contributed by atoms with van der Waals surface area (Å²) in [5.74, 6) is 0. The molecule has 0 radical (unpaired) electrons. The highest BCUT2D eigenvalue weighted by molar-refractivity contribution is 5.93. The third-order valence-corrected chi connectivity index (χ3v) is 5.74. The van der Waals surface area contributed by atoms with Crippen LogP contribution in [-0.4, -0.2) is 37.7 Å². The number of hydrogen-bond acceptors (Lipinski definition) is 7. The Balaban J connectivity index is 1.35. The van der Waals surface area contributed by atoms with Gasteiger partial charge in [0.1, 0.15) is 12.9 Å². The Hall–Kier alpha value is -3.81. The summed E-state index contributed by atoms with van der Waals surface area (Å²) >= 11 is 0. The van der Waals surface area contributed by atoms with Gasteiger partial charge in [-0.05, 0) is 43.4 Å². The van der Waals surface area contributed by atoms with Crippen LogP contribution in [0.4, 0.5) is 5.69 Å². The molecule has 0 unspecified atom stereocenters. The van der Waals surface area contributed by atoms with Crippen LogP contribution in [0.3, 0.4) is 0 Å². The zero-order valence-electron chi connectivity index (χ0n) is 17.9. The van der Waals surface area contributed by atoms with Gasteiger partial charge in [0.2, 0.25) is 0 Å². The highest BCUT2D eigenvalue weighted by atomic mass is 16.5. The van der Waals surface area contributed by atoms with Gasteiger partial charge >= 0.3 is 0 Å². The first-order valence-electron chi connectivity index (χ1n) is 10.8. The van der Waals surface area contributed by atoms with Crippen LogP contribution in [0.2, 0.25) is 0 Å². The van der Waals surface area contributed by atoms with Gasteiger partial charge in [-0.15, -0.1) is 0 Å². The Labute approximate surface area is 185 Å². The van der Waals surface area contributed by atoms with Crippen LogP contribution in [0.25, 0.3) is 22.3 Å². The highest BCUT2D eigenvalue weighted by Gasteiger charge is 2.18. The van der Waals surface area contributed by atoms with E-state index in [1.807, 2.05) is 12.1 Å². The van der Waals surface area contributed by atoms with Crippen molar-refractivity contribution in [2.24, 2.45) is 7.05 Å². The number of ether oxygens (including phenoxy) is 1. The normalized spacial score (nSPS) is 13.0. The minimum atomic E-state index is -0.203. The summed E-state index contributed by atoms with van der Waals surface area (Å²) in [7, 11) is 1.65. The second-order valence-corrected chi connectivity index (χ2v) is 7.83. The predicted molar refractivity (Wildman–Crippen MR) is 123 cm³/mol. The molecule has 0 amide bonds. The summed E-state index contributed by atoms with van der Waals surface area (Å²) in [6, 6.07) is 11.6. The Bertz CT molecular complexity index is 1320. The summed E-state index contributed by atoms with van der Waals surface area (Å²) in [4.78, 5) is 29.8. The van der Waals surface area contributed by atoms with E-state index in [-0.39, 0.29) is 11.6 Å². The number of hydrogen-bond donors (Lipinski definition) is 1. The molecule has 0 saturated heterocycles. The van der Waals surface area contributed by atoms with Crippen molar-refractivity contribution in [3.8, 4) is 17.4 Å². The number of aromatic nitrogens is 5. The molecule has 0 fully saturated rings. The van der Waals surface area contributed by atoms with Crippen molar-refractivity contribution < 1.29 is 4.74 Å². The van der Waals surface area contributed by atoms with Gasteiger partial charge in [0.15, 0.2) is 0 Å². The van der Waals surface area contributed by atoms with Crippen molar-refractivity contribution in [2.75, 3.05) is 18.5 Å². The van der Waals surface area contributed by atoms with Crippen LogP contribution < -0.4 is 15.6 Å². The largest absolute Gasteiger partial charge is 0.463 e. The third kappa shape index (κ3) is 3.91. The molecule has 0 aliphatic heterocycles.